The SMILES string of the molecule is CCn1c(SCC(=O)N[C@@H]2CCCC[C@@H]2C)nnc1-c1ccco1. The second-order valence-corrected chi connectivity index (χ2v) is 7.19. The summed E-state index contributed by atoms with van der Waals surface area (Å²) in [6, 6.07) is 4.01. The van der Waals surface area contributed by atoms with Crippen LogP contribution in [0.4, 0.5) is 0 Å². The largest absolute Gasteiger partial charge is 0.461 e. The molecule has 0 radical (unpaired) electrons. The van der Waals surface area contributed by atoms with E-state index in [0.29, 0.717) is 29.3 Å². The van der Waals surface area contributed by atoms with E-state index in [-0.39, 0.29) is 5.91 Å². The van der Waals surface area contributed by atoms with Crippen molar-refractivity contribution in [3.63, 3.8) is 0 Å². The molecule has 3 rings (SSSR count). The number of hydrogen-bond acceptors (Lipinski definition) is 5. The second kappa shape index (κ2) is 7.88. The number of nitrogens with one attached hydrogen (secondary N) is 1. The van der Waals surface area contributed by atoms with E-state index in [2.05, 4.69) is 22.4 Å². The van der Waals surface area contributed by atoms with Gasteiger partial charge in [0.2, 0.25) is 5.91 Å². The Balaban J connectivity index is 1.59. The zero-order valence-corrected chi connectivity index (χ0v) is 15.0. The van der Waals surface area contributed by atoms with Crippen LogP contribution in [0, 0.1) is 5.92 Å². The smallest absolute Gasteiger partial charge is 0.230 e. The number of nitrogens with zero attached hydrogens (tertiary/aromatic N) is 3. The number of carbonyl (C=O) groups excluding carboxylic acids is 1. The van der Waals surface area contributed by atoms with Gasteiger partial charge in [-0.2, -0.15) is 0 Å². The molecule has 1 aliphatic rings. The topological polar surface area (TPSA) is 73.0 Å². The lowest BCUT2D eigenvalue weighted by atomic mass is 9.86. The Labute approximate surface area is 146 Å². The Bertz CT molecular complexity index is 668. The van der Waals surface area contributed by atoms with Crippen molar-refractivity contribution in [2.45, 2.75) is 57.3 Å². The second-order valence-electron chi connectivity index (χ2n) is 6.25. The quantitative estimate of drug-likeness (QED) is 0.811. The first-order valence-electron chi connectivity index (χ1n) is 8.58. The molecule has 0 aliphatic heterocycles. The maximum atomic E-state index is 12.3. The van der Waals surface area contributed by atoms with Crippen molar-refractivity contribution >= 4 is 17.7 Å². The van der Waals surface area contributed by atoms with Crippen LogP contribution in [0.25, 0.3) is 11.6 Å². The standard InChI is InChI=1S/C17H24N4O2S/c1-3-21-16(14-9-6-10-23-14)19-20-17(21)24-11-15(22)18-13-8-5-4-7-12(13)2/h6,9-10,12-13H,3-5,7-8,11H2,1-2H3,(H,18,22)/t12-,13+/m0/s1. The fourth-order valence-corrected chi connectivity index (χ4v) is 3.99. The molecule has 0 saturated heterocycles. The maximum absolute atomic E-state index is 12.3. The molecule has 6 nitrogen and oxygen atoms in total. The average molecular weight is 348 g/mol. The molecular formula is C17H24N4O2S. The fraction of sp³-hybridized carbons (Fsp3) is 0.588. The monoisotopic (exact) mass is 348 g/mol. The number of furan rings is 1. The summed E-state index contributed by atoms with van der Waals surface area (Å²) < 4.78 is 7.37. The van der Waals surface area contributed by atoms with Crippen LogP contribution in [-0.4, -0.2) is 32.5 Å². The summed E-state index contributed by atoms with van der Waals surface area (Å²) in [6.45, 7) is 4.98. The molecule has 7 heteroatoms. The summed E-state index contributed by atoms with van der Waals surface area (Å²) in [6.07, 6.45) is 6.40. The molecule has 0 unspecified atom stereocenters. The first-order valence-corrected chi connectivity index (χ1v) is 9.56. The van der Waals surface area contributed by atoms with Crippen LogP contribution in [0.3, 0.4) is 0 Å². The van der Waals surface area contributed by atoms with E-state index in [1.807, 2.05) is 23.6 Å². The molecule has 2 aromatic heterocycles. The fourth-order valence-electron chi connectivity index (χ4n) is 3.18. The normalized spacial score (nSPS) is 20.9. The first-order chi connectivity index (χ1) is 11.7. The molecule has 130 valence electrons. The predicted octanol–water partition coefficient (Wildman–Crippen LogP) is 3.35. The van der Waals surface area contributed by atoms with Gasteiger partial charge in [0, 0.05) is 12.6 Å². The molecule has 0 aromatic carbocycles. The number of amides is 1. The van der Waals surface area contributed by atoms with Crippen LogP contribution in [0.1, 0.15) is 39.5 Å². The van der Waals surface area contributed by atoms with Gasteiger partial charge in [0.25, 0.3) is 0 Å². The van der Waals surface area contributed by atoms with Crippen molar-refractivity contribution in [3.05, 3.63) is 18.4 Å². The first kappa shape index (κ1) is 17.1. The average Bonchev–Trinajstić information content (AvgIpc) is 3.23. The molecule has 1 saturated carbocycles. The van der Waals surface area contributed by atoms with Gasteiger partial charge in [-0.15, -0.1) is 10.2 Å². The predicted molar refractivity (Wildman–Crippen MR) is 93.7 cm³/mol. The zero-order valence-electron chi connectivity index (χ0n) is 14.2. The third-order valence-electron chi connectivity index (χ3n) is 4.56. The lowest BCUT2D eigenvalue weighted by Crippen LogP contribution is -2.41. The number of rotatable bonds is 6. The van der Waals surface area contributed by atoms with E-state index >= 15 is 0 Å². The van der Waals surface area contributed by atoms with Crippen LogP contribution in [0.15, 0.2) is 28.0 Å². The molecule has 1 amide bonds. The van der Waals surface area contributed by atoms with Crippen LogP contribution >= 0.6 is 11.8 Å². The van der Waals surface area contributed by atoms with E-state index in [9.17, 15) is 4.79 Å². The van der Waals surface area contributed by atoms with Crippen molar-refractivity contribution in [3.8, 4) is 11.6 Å². The minimum Gasteiger partial charge on any atom is -0.461 e. The summed E-state index contributed by atoms with van der Waals surface area (Å²) in [5.74, 6) is 2.39. The molecule has 0 bridgehead atoms. The highest BCUT2D eigenvalue weighted by Gasteiger charge is 2.23. The van der Waals surface area contributed by atoms with E-state index in [0.717, 1.165) is 18.1 Å². The molecule has 1 aliphatic carbocycles. The van der Waals surface area contributed by atoms with Gasteiger partial charge in [0.15, 0.2) is 16.7 Å². The summed E-state index contributed by atoms with van der Waals surface area (Å²) in [4.78, 5) is 12.3. The highest BCUT2D eigenvalue weighted by Crippen LogP contribution is 2.25. The van der Waals surface area contributed by atoms with E-state index in [1.165, 1.54) is 31.0 Å². The van der Waals surface area contributed by atoms with Gasteiger partial charge in [-0.3, -0.25) is 9.36 Å². The molecule has 0 spiro atoms. The Kier molecular flexibility index (Phi) is 5.60. The number of carbonyl (C=O) groups is 1. The molecule has 2 aromatic rings. The Hall–Kier alpha value is -1.76. The summed E-state index contributed by atoms with van der Waals surface area (Å²) in [7, 11) is 0. The van der Waals surface area contributed by atoms with Gasteiger partial charge in [-0.1, -0.05) is 31.5 Å². The summed E-state index contributed by atoms with van der Waals surface area (Å²) in [5.41, 5.74) is 0. The third-order valence-corrected chi connectivity index (χ3v) is 5.53. The van der Waals surface area contributed by atoms with Gasteiger partial charge in [0.05, 0.1) is 12.0 Å². The number of thioether (sulfide) groups is 1. The van der Waals surface area contributed by atoms with Gasteiger partial charge < -0.3 is 9.73 Å². The van der Waals surface area contributed by atoms with Crippen LogP contribution in [-0.2, 0) is 11.3 Å². The molecule has 2 heterocycles. The Morgan fingerprint density at radius 3 is 2.96 bits per heavy atom. The van der Waals surface area contributed by atoms with E-state index in [1.54, 1.807) is 6.26 Å². The van der Waals surface area contributed by atoms with E-state index < -0.39 is 0 Å². The van der Waals surface area contributed by atoms with Crippen molar-refractivity contribution in [1.29, 1.82) is 0 Å². The zero-order chi connectivity index (χ0) is 16.9. The minimum absolute atomic E-state index is 0.0731. The van der Waals surface area contributed by atoms with Gasteiger partial charge in [0.1, 0.15) is 0 Å². The lowest BCUT2D eigenvalue weighted by molar-refractivity contribution is -0.119. The minimum atomic E-state index is 0.0731. The molecule has 24 heavy (non-hydrogen) atoms. The molecule has 1 N–H and O–H groups in total. The van der Waals surface area contributed by atoms with E-state index in [4.69, 9.17) is 4.42 Å². The summed E-state index contributed by atoms with van der Waals surface area (Å²) in [5, 5.41) is 12.3. The van der Waals surface area contributed by atoms with Crippen LogP contribution in [0.2, 0.25) is 0 Å². The molecule has 2 atom stereocenters. The molecule has 1 fully saturated rings. The van der Waals surface area contributed by atoms with Crippen molar-refractivity contribution in [2.75, 3.05) is 5.75 Å². The maximum Gasteiger partial charge on any atom is 0.230 e. The lowest BCUT2D eigenvalue weighted by Gasteiger charge is -2.29. The third kappa shape index (κ3) is 3.83. The summed E-state index contributed by atoms with van der Waals surface area (Å²) >= 11 is 1.42. The van der Waals surface area contributed by atoms with Gasteiger partial charge >= 0.3 is 0 Å². The van der Waals surface area contributed by atoms with Crippen LogP contribution in [0.5, 0.6) is 0 Å². The van der Waals surface area contributed by atoms with Crippen LogP contribution < -0.4 is 5.32 Å². The molecular weight excluding hydrogens is 324 g/mol. The number of hydrogen-bond donors (Lipinski definition) is 1. The van der Waals surface area contributed by atoms with Crippen molar-refractivity contribution in [2.24, 2.45) is 5.92 Å². The Morgan fingerprint density at radius 1 is 1.42 bits per heavy atom. The number of aromatic nitrogens is 3. The van der Waals surface area contributed by atoms with Crippen molar-refractivity contribution < 1.29 is 9.21 Å². The van der Waals surface area contributed by atoms with Gasteiger partial charge in [-0.25, -0.2) is 0 Å². The van der Waals surface area contributed by atoms with Gasteiger partial charge in [-0.05, 0) is 37.8 Å². The highest BCUT2D eigenvalue weighted by atomic mass is 32.2. The van der Waals surface area contributed by atoms with Crippen molar-refractivity contribution in [1.82, 2.24) is 20.1 Å². The Morgan fingerprint density at radius 2 is 2.25 bits per heavy atom. The highest BCUT2D eigenvalue weighted by molar-refractivity contribution is 7.99.